The molecular weight excluding hydrogens is 436 g/mol. The first-order valence-corrected chi connectivity index (χ1v) is 13.9. The minimum absolute atomic E-state index is 0.0470. The fourth-order valence-corrected chi connectivity index (χ4v) is 10.0. The Morgan fingerprint density at radius 3 is 2.67 bits per heavy atom. The van der Waals surface area contributed by atoms with Crippen LogP contribution in [0.5, 0.6) is 0 Å². The predicted molar refractivity (Wildman–Crippen MR) is 128 cm³/mol. The molecule has 0 amide bonds. The van der Waals surface area contributed by atoms with Gasteiger partial charge in [0.1, 0.15) is 6.10 Å². The summed E-state index contributed by atoms with van der Waals surface area (Å²) in [4.78, 5) is 11.3. The Morgan fingerprint density at radius 2 is 1.94 bits per heavy atom. The second-order valence-electron chi connectivity index (χ2n) is 13.0. The molecule has 4 aliphatic carbocycles. The Hall–Kier alpha value is -0.580. The summed E-state index contributed by atoms with van der Waals surface area (Å²) in [5, 5.41) is 0. The summed E-state index contributed by atoms with van der Waals surface area (Å²) in [5.74, 6) is 3.64. The largest absolute Gasteiger partial charge is 0.450 e. The van der Waals surface area contributed by atoms with Gasteiger partial charge in [-0.05, 0) is 85.4 Å². The maximum atomic E-state index is 11.3. The number of hydrogen-bond acceptors (Lipinski definition) is 4. The minimum Gasteiger partial charge on any atom is -0.450 e. The zero-order valence-corrected chi connectivity index (χ0v) is 21.5. The lowest BCUT2D eigenvalue weighted by Crippen LogP contribution is -2.52. The Labute approximate surface area is 204 Å². The molecule has 0 bridgehead atoms. The topological polar surface area (TPSA) is 44.8 Å². The van der Waals surface area contributed by atoms with Crippen molar-refractivity contribution in [3.05, 3.63) is 11.6 Å². The van der Waals surface area contributed by atoms with Crippen LogP contribution in [-0.4, -0.2) is 30.0 Å². The molecule has 0 aromatic rings. The number of hydrogen-bond donors (Lipinski definition) is 0. The molecule has 0 N–H and O–H groups in total. The summed E-state index contributed by atoms with van der Waals surface area (Å²) in [7, 11) is 0. The molecule has 2 aliphatic heterocycles. The molecule has 4 nitrogen and oxygen atoms in total. The standard InChI is InChI=1S/C28H41ClO4/c1-16-7-12-28(31-15-16)17(2)24-23(33-28)14-22-20-6-5-18-13-19(32-25(29)30)8-10-26(18,3)21(20)9-11-27(22,24)4/h5,16-17,19-24H,6-15H2,1-4H3/t16-,17+,19+,20-,21+,22+,23+,24+,26+,27+,28-/m1/s1. The second-order valence-corrected chi connectivity index (χ2v) is 13.3. The van der Waals surface area contributed by atoms with Crippen LogP contribution in [0.25, 0.3) is 0 Å². The van der Waals surface area contributed by atoms with Crippen LogP contribution in [0.4, 0.5) is 4.79 Å². The summed E-state index contributed by atoms with van der Waals surface area (Å²) in [6.07, 6.45) is 13.0. The molecule has 11 atom stereocenters. The third-order valence-electron chi connectivity index (χ3n) is 11.6. The van der Waals surface area contributed by atoms with Gasteiger partial charge in [0.15, 0.2) is 5.79 Å². The van der Waals surface area contributed by atoms with Crippen molar-refractivity contribution in [1.29, 1.82) is 0 Å². The molecule has 5 heteroatoms. The van der Waals surface area contributed by atoms with E-state index in [1.54, 1.807) is 0 Å². The fourth-order valence-electron chi connectivity index (χ4n) is 9.88. The summed E-state index contributed by atoms with van der Waals surface area (Å²) in [5.41, 5.74) is 1.46. The SMILES string of the molecule is C[C@@H]1CC[C@@]2(OC1)O[C@H]1C[C@H]3[C@@H]4CC=C5C[C@@H](OC(=O)Cl)CC[C@]5(C)[C@H]4CC[C@]3(C)[C@H]1[C@@H]2C. The van der Waals surface area contributed by atoms with E-state index in [2.05, 4.69) is 33.8 Å². The predicted octanol–water partition coefficient (Wildman–Crippen LogP) is 7.10. The highest BCUT2D eigenvalue weighted by atomic mass is 35.5. The summed E-state index contributed by atoms with van der Waals surface area (Å²) < 4.78 is 18.7. The fraction of sp³-hybridized carbons (Fsp3) is 0.893. The van der Waals surface area contributed by atoms with Gasteiger partial charge in [-0.2, -0.15) is 0 Å². The number of ether oxygens (including phenoxy) is 3. The van der Waals surface area contributed by atoms with Gasteiger partial charge in [0.25, 0.3) is 0 Å². The summed E-state index contributed by atoms with van der Waals surface area (Å²) in [6.45, 7) is 10.7. The van der Waals surface area contributed by atoms with Crippen LogP contribution in [0.1, 0.15) is 85.5 Å². The molecule has 2 saturated heterocycles. The zero-order chi connectivity index (χ0) is 23.2. The van der Waals surface area contributed by atoms with E-state index in [0.29, 0.717) is 29.3 Å². The molecule has 2 heterocycles. The lowest BCUT2D eigenvalue weighted by atomic mass is 9.47. The number of carbonyl (C=O) groups is 1. The van der Waals surface area contributed by atoms with Crippen LogP contribution in [0.3, 0.4) is 0 Å². The first-order valence-electron chi connectivity index (χ1n) is 13.5. The number of fused-ring (bicyclic) bond motifs is 7. The number of rotatable bonds is 1. The van der Waals surface area contributed by atoms with E-state index in [0.717, 1.165) is 50.0 Å². The third-order valence-corrected chi connectivity index (χ3v) is 11.7. The molecule has 0 unspecified atom stereocenters. The van der Waals surface area contributed by atoms with Crippen molar-refractivity contribution in [2.24, 2.45) is 46.3 Å². The van der Waals surface area contributed by atoms with Crippen LogP contribution in [0.2, 0.25) is 0 Å². The molecule has 33 heavy (non-hydrogen) atoms. The maximum Gasteiger partial charge on any atom is 0.404 e. The minimum atomic E-state index is -0.660. The van der Waals surface area contributed by atoms with Crippen LogP contribution >= 0.6 is 11.6 Å². The van der Waals surface area contributed by atoms with Gasteiger partial charge in [-0.3, -0.25) is 0 Å². The van der Waals surface area contributed by atoms with E-state index >= 15 is 0 Å². The average Bonchev–Trinajstić information content (AvgIpc) is 3.21. The van der Waals surface area contributed by atoms with E-state index in [1.807, 2.05) is 0 Å². The Balaban J connectivity index is 1.24. The van der Waals surface area contributed by atoms with Gasteiger partial charge in [0, 0.05) is 30.4 Å². The van der Waals surface area contributed by atoms with E-state index in [-0.39, 0.29) is 17.3 Å². The zero-order valence-electron chi connectivity index (χ0n) is 20.8. The number of carbonyl (C=O) groups excluding carboxylic acids is 1. The van der Waals surface area contributed by atoms with Crippen molar-refractivity contribution in [2.45, 2.75) is 103 Å². The van der Waals surface area contributed by atoms with Crippen molar-refractivity contribution >= 4 is 17.0 Å². The first-order chi connectivity index (χ1) is 15.7. The van der Waals surface area contributed by atoms with Gasteiger partial charge in [-0.1, -0.05) is 39.3 Å². The maximum absolute atomic E-state index is 11.3. The number of halogens is 1. The Bertz CT molecular complexity index is 847. The lowest BCUT2D eigenvalue weighted by Gasteiger charge is -2.58. The van der Waals surface area contributed by atoms with E-state index in [1.165, 1.54) is 37.7 Å². The molecule has 5 fully saturated rings. The van der Waals surface area contributed by atoms with Crippen molar-refractivity contribution in [1.82, 2.24) is 0 Å². The monoisotopic (exact) mass is 476 g/mol. The van der Waals surface area contributed by atoms with Gasteiger partial charge in [0.05, 0.1) is 12.7 Å². The molecule has 6 aliphatic rings. The van der Waals surface area contributed by atoms with Crippen LogP contribution in [0, 0.1) is 46.3 Å². The van der Waals surface area contributed by atoms with Crippen LogP contribution in [-0.2, 0) is 14.2 Å². The van der Waals surface area contributed by atoms with Gasteiger partial charge in [0.2, 0.25) is 0 Å². The Morgan fingerprint density at radius 1 is 1.12 bits per heavy atom. The number of allylic oxidation sites excluding steroid dienone is 1. The van der Waals surface area contributed by atoms with E-state index in [9.17, 15) is 4.79 Å². The van der Waals surface area contributed by atoms with E-state index in [4.69, 9.17) is 25.8 Å². The highest BCUT2D eigenvalue weighted by molar-refractivity contribution is 6.61. The molecular formula is C28H41ClO4. The van der Waals surface area contributed by atoms with Gasteiger partial charge in [-0.25, -0.2) is 4.79 Å². The third kappa shape index (κ3) is 3.25. The summed E-state index contributed by atoms with van der Waals surface area (Å²) in [6, 6.07) is 0. The van der Waals surface area contributed by atoms with Gasteiger partial charge >= 0.3 is 5.43 Å². The summed E-state index contributed by atoms with van der Waals surface area (Å²) >= 11 is 5.53. The van der Waals surface area contributed by atoms with Crippen molar-refractivity contribution in [2.75, 3.05) is 6.61 Å². The van der Waals surface area contributed by atoms with Gasteiger partial charge in [-0.15, -0.1) is 0 Å². The highest BCUT2D eigenvalue weighted by Gasteiger charge is 2.68. The first kappa shape index (κ1) is 22.9. The lowest BCUT2D eigenvalue weighted by molar-refractivity contribution is -0.272. The highest BCUT2D eigenvalue weighted by Crippen LogP contribution is 2.70. The molecule has 6 rings (SSSR count). The van der Waals surface area contributed by atoms with Crippen molar-refractivity contribution < 1.29 is 19.0 Å². The van der Waals surface area contributed by atoms with Crippen LogP contribution < -0.4 is 0 Å². The normalized spacial score (nSPS) is 55.2. The quantitative estimate of drug-likeness (QED) is 0.299. The average molecular weight is 477 g/mol. The van der Waals surface area contributed by atoms with Crippen LogP contribution in [0.15, 0.2) is 11.6 Å². The second kappa shape index (κ2) is 7.71. The van der Waals surface area contributed by atoms with Crippen molar-refractivity contribution in [3.63, 3.8) is 0 Å². The molecule has 3 saturated carbocycles. The smallest absolute Gasteiger partial charge is 0.404 e. The molecule has 0 aromatic carbocycles. The Kier molecular flexibility index (Phi) is 5.34. The molecule has 1 spiro atoms. The van der Waals surface area contributed by atoms with E-state index < -0.39 is 5.43 Å². The molecule has 0 aromatic heterocycles. The molecule has 184 valence electrons. The van der Waals surface area contributed by atoms with Gasteiger partial charge < -0.3 is 14.2 Å². The van der Waals surface area contributed by atoms with Crippen molar-refractivity contribution in [3.8, 4) is 0 Å². The molecule has 0 radical (unpaired) electrons.